The molecule has 2 unspecified atom stereocenters. The van der Waals surface area contributed by atoms with Crippen LogP contribution in [0.1, 0.15) is 90.9 Å². The molecule has 2 heteroatoms. The van der Waals surface area contributed by atoms with E-state index < -0.39 is 0 Å². The molecule has 0 saturated carbocycles. The zero-order valence-electron chi connectivity index (χ0n) is 14.0. The first-order valence-corrected chi connectivity index (χ1v) is 9.21. The molecule has 0 aromatic rings. The lowest BCUT2D eigenvalue weighted by Crippen LogP contribution is -2.29. The maximum atomic E-state index is 5.71. The Balaban J connectivity index is 2.00. The minimum atomic E-state index is 0.575. The Morgan fingerprint density at radius 2 is 1.75 bits per heavy atom. The van der Waals surface area contributed by atoms with Crippen molar-refractivity contribution in [3.8, 4) is 0 Å². The lowest BCUT2D eigenvalue weighted by atomic mass is 10.00. The fourth-order valence-corrected chi connectivity index (χ4v) is 3.27. The Bertz CT molecular complexity index is 202. The van der Waals surface area contributed by atoms with Crippen LogP contribution < -0.4 is 5.32 Å². The SMILES string of the molecule is CCCCCCCCC(CCCC1CCCO1)NCC. The molecular formula is C18H37NO. The highest BCUT2D eigenvalue weighted by Gasteiger charge is 2.15. The molecule has 1 heterocycles. The normalized spacial score (nSPS) is 20.4. The molecule has 0 spiro atoms. The van der Waals surface area contributed by atoms with E-state index in [9.17, 15) is 0 Å². The monoisotopic (exact) mass is 283 g/mol. The van der Waals surface area contributed by atoms with Gasteiger partial charge in [0.05, 0.1) is 6.10 Å². The average Bonchev–Trinajstić information content (AvgIpc) is 2.96. The van der Waals surface area contributed by atoms with E-state index in [0.717, 1.165) is 19.2 Å². The standard InChI is InChI=1S/C18H37NO/c1-3-5-6-7-8-9-12-17(19-4-2)13-10-14-18-15-11-16-20-18/h17-19H,3-16H2,1-2H3. The van der Waals surface area contributed by atoms with Crippen LogP contribution in [0.15, 0.2) is 0 Å². The lowest BCUT2D eigenvalue weighted by Gasteiger charge is -2.18. The van der Waals surface area contributed by atoms with E-state index >= 15 is 0 Å². The van der Waals surface area contributed by atoms with E-state index in [-0.39, 0.29) is 0 Å². The fourth-order valence-electron chi connectivity index (χ4n) is 3.27. The van der Waals surface area contributed by atoms with Crippen LogP contribution in [-0.4, -0.2) is 25.3 Å². The number of unbranched alkanes of at least 4 members (excludes halogenated alkanes) is 5. The summed E-state index contributed by atoms with van der Waals surface area (Å²) in [6.45, 7) is 6.63. The molecule has 1 N–H and O–H groups in total. The van der Waals surface area contributed by atoms with Gasteiger partial charge in [-0.1, -0.05) is 52.4 Å². The first-order valence-electron chi connectivity index (χ1n) is 9.21. The van der Waals surface area contributed by atoms with Gasteiger partial charge in [-0.15, -0.1) is 0 Å². The zero-order valence-corrected chi connectivity index (χ0v) is 14.0. The summed E-state index contributed by atoms with van der Waals surface area (Å²) in [6.07, 6.45) is 16.9. The van der Waals surface area contributed by atoms with E-state index in [2.05, 4.69) is 19.2 Å². The second kappa shape index (κ2) is 12.6. The number of rotatable bonds is 13. The predicted molar refractivity (Wildman–Crippen MR) is 88.3 cm³/mol. The van der Waals surface area contributed by atoms with Crippen molar-refractivity contribution in [2.75, 3.05) is 13.2 Å². The molecule has 0 bridgehead atoms. The van der Waals surface area contributed by atoms with Crippen LogP contribution in [0, 0.1) is 0 Å². The summed E-state index contributed by atoms with van der Waals surface area (Å²) in [6, 6.07) is 0.743. The van der Waals surface area contributed by atoms with Gasteiger partial charge in [0.15, 0.2) is 0 Å². The molecule has 1 fully saturated rings. The summed E-state index contributed by atoms with van der Waals surface area (Å²) in [5, 5.41) is 3.67. The summed E-state index contributed by atoms with van der Waals surface area (Å²) in [7, 11) is 0. The molecule has 0 radical (unpaired) electrons. The van der Waals surface area contributed by atoms with E-state index in [4.69, 9.17) is 4.74 Å². The zero-order chi connectivity index (χ0) is 14.5. The van der Waals surface area contributed by atoms with Crippen molar-refractivity contribution >= 4 is 0 Å². The largest absolute Gasteiger partial charge is 0.378 e. The topological polar surface area (TPSA) is 21.3 Å². The summed E-state index contributed by atoms with van der Waals surface area (Å²) in [5.74, 6) is 0. The van der Waals surface area contributed by atoms with Gasteiger partial charge >= 0.3 is 0 Å². The van der Waals surface area contributed by atoms with E-state index in [1.54, 1.807) is 0 Å². The van der Waals surface area contributed by atoms with Gasteiger partial charge in [0.25, 0.3) is 0 Å². The van der Waals surface area contributed by atoms with Gasteiger partial charge in [0.1, 0.15) is 0 Å². The second-order valence-electron chi connectivity index (χ2n) is 6.38. The molecule has 20 heavy (non-hydrogen) atoms. The number of nitrogens with one attached hydrogen (secondary N) is 1. The van der Waals surface area contributed by atoms with Crippen LogP contribution in [0.25, 0.3) is 0 Å². The van der Waals surface area contributed by atoms with Crippen molar-refractivity contribution in [2.45, 2.75) is 103 Å². The average molecular weight is 284 g/mol. The van der Waals surface area contributed by atoms with E-state index in [0.29, 0.717) is 6.10 Å². The van der Waals surface area contributed by atoms with E-state index in [1.165, 1.54) is 77.0 Å². The van der Waals surface area contributed by atoms with Crippen molar-refractivity contribution in [3.05, 3.63) is 0 Å². The molecule has 0 aromatic heterocycles. The maximum Gasteiger partial charge on any atom is 0.0576 e. The Labute approximate surface area is 127 Å². The highest BCUT2D eigenvalue weighted by molar-refractivity contribution is 4.70. The summed E-state index contributed by atoms with van der Waals surface area (Å²) >= 11 is 0. The Morgan fingerprint density at radius 1 is 1.00 bits per heavy atom. The Kier molecular flexibility index (Phi) is 11.4. The Morgan fingerprint density at radius 3 is 2.45 bits per heavy atom. The van der Waals surface area contributed by atoms with Gasteiger partial charge in [-0.25, -0.2) is 0 Å². The minimum Gasteiger partial charge on any atom is -0.378 e. The van der Waals surface area contributed by atoms with Crippen LogP contribution in [-0.2, 0) is 4.74 Å². The smallest absolute Gasteiger partial charge is 0.0576 e. The van der Waals surface area contributed by atoms with Gasteiger partial charge in [-0.2, -0.15) is 0 Å². The van der Waals surface area contributed by atoms with Gasteiger partial charge in [-0.3, -0.25) is 0 Å². The van der Waals surface area contributed by atoms with Gasteiger partial charge in [0.2, 0.25) is 0 Å². The van der Waals surface area contributed by atoms with Gasteiger partial charge in [0, 0.05) is 12.6 Å². The maximum absolute atomic E-state index is 5.71. The Hall–Kier alpha value is -0.0800. The van der Waals surface area contributed by atoms with Crippen LogP contribution >= 0.6 is 0 Å². The third-order valence-corrected chi connectivity index (χ3v) is 4.50. The van der Waals surface area contributed by atoms with Crippen molar-refractivity contribution in [2.24, 2.45) is 0 Å². The molecule has 1 saturated heterocycles. The molecule has 1 rings (SSSR count). The first kappa shape index (κ1) is 18.0. The molecule has 0 aromatic carbocycles. The summed E-state index contributed by atoms with van der Waals surface area (Å²) < 4.78 is 5.71. The fraction of sp³-hybridized carbons (Fsp3) is 1.00. The molecule has 2 atom stereocenters. The van der Waals surface area contributed by atoms with Gasteiger partial charge in [-0.05, 0) is 45.1 Å². The highest BCUT2D eigenvalue weighted by atomic mass is 16.5. The van der Waals surface area contributed by atoms with Crippen molar-refractivity contribution in [1.82, 2.24) is 5.32 Å². The first-order chi connectivity index (χ1) is 9.86. The minimum absolute atomic E-state index is 0.575. The third-order valence-electron chi connectivity index (χ3n) is 4.50. The van der Waals surface area contributed by atoms with Crippen LogP contribution in [0.2, 0.25) is 0 Å². The van der Waals surface area contributed by atoms with Gasteiger partial charge < -0.3 is 10.1 Å². The number of hydrogen-bond donors (Lipinski definition) is 1. The molecular weight excluding hydrogens is 246 g/mol. The van der Waals surface area contributed by atoms with Crippen LogP contribution in [0.5, 0.6) is 0 Å². The lowest BCUT2D eigenvalue weighted by molar-refractivity contribution is 0.101. The summed E-state index contributed by atoms with van der Waals surface area (Å²) in [4.78, 5) is 0. The van der Waals surface area contributed by atoms with Crippen LogP contribution in [0.4, 0.5) is 0 Å². The molecule has 0 aliphatic carbocycles. The van der Waals surface area contributed by atoms with E-state index in [1.807, 2.05) is 0 Å². The molecule has 0 amide bonds. The predicted octanol–water partition coefficient (Wildman–Crippen LogP) is 5.06. The molecule has 120 valence electrons. The van der Waals surface area contributed by atoms with Crippen molar-refractivity contribution < 1.29 is 4.74 Å². The summed E-state index contributed by atoms with van der Waals surface area (Å²) in [5.41, 5.74) is 0. The number of ether oxygens (including phenoxy) is 1. The second-order valence-corrected chi connectivity index (χ2v) is 6.38. The third kappa shape index (κ3) is 8.97. The quantitative estimate of drug-likeness (QED) is 0.477. The molecule has 2 nitrogen and oxygen atoms in total. The number of hydrogen-bond acceptors (Lipinski definition) is 2. The molecule has 1 aliphatic rings. The van der Waals surface area contributed by atoms with Crippen molar-refractivity contribution in [3.63, 3.8) is 0 Å². The molecule has 1 aliphatic heterocycles. The van der Waals surface area contributed by atoms with Crippen molar-refractivity contribution in [1.29, 1.82) is 0 Å². The highest BCUT2D eigenvalue weighted by Crippen LogP contribution is 2.19. The van der Waals surface area contributed by atoms with Crippen LogP contribution in [0.3, 0.4) is 0 Å².